The number of hydroxylamine groups is 2. The molecule has 17 heteroatoms. The van der Waals surface area contributed by atoms with Crippen LogP contribution in [0.5, 0.6) is 0 Å². The van der Waals surface area contributed by atoms with E-state index in [1.807, 2.05) is 48.5 Å². The summed E-state index contributed by atoms with van der Waals surface area (Å²) < 4.78 is 15.9. The van der Waals surface area contributed by atoms with Crippen molar-refractivity contribution in [2.45, 2.75) is 69.7 Å². The molecule has 1 heterocycles. The summed E-state index contributed by atoms with van der Waals surface area (Å²) in [5.74, 6) is -2.41. The molecule has 5 N–H and O–H groups in total. The van der Waals surface area contributed by atoms with Gasteiger partial charge >= 0.3 is 18.2 Å². The van der Waals surface area contributed by atoms with Gasteiger partial charge in [0.2, 0.25) is 0 Å². The molecule has 0 aromatic heterocycles. The minimum absolute atomic E-state index is 0.0181. The second kappa shape index (κ2) is 15.6. The van der Waals surface area contributed by atoms with E-state index in [2.05, 4.69) is 10.3 Å². The summed E-state index contributed by atoms with van der Waals surface area (Å²) >= 11 is 0. The number of guanidine groups is 1. The van der Waals surface area contributed by atoms with Gasteiger partial charge in [0, 0.05) is 25.4 Å². The summed E-state index contributed by atoms with van der Waals surface area (Å²) in [6.07, 6.45) is -1.90. The molecule has 3 amide bonds. The first-order valence-corrected chi connectivity index (χ1v) is 15.6. The van der Waals surface area contributed by atoms with E-state index in [0.717, 1.165) is 34.3 Å². The van der Waals surface area contributed by atoms with Crippen molar-refractivity contribution in [3.05, 3.63) is 69.8 Å². The molecule has 1 aliphatic carbocycles. The van der Waals surface area contributed by atoms with E-state index < -0.39 is 58.8 Å². The largest absolute Gasteiger partial charge is 0.467 e. The van der Waals surface area contributed by atoms with Crippen LogP contribution in [0, 0.1) is 10.1 Å². The van der Waals surface area contributed by atoms with E-state index in [-0.39, 0.29) is 44.9 Å². The number of nitrogens with zero attached hydrogens (tertiary/aromatic N) is 4. The Bertz CT molecular complexity index is 1550. The number of methoxy groups -OCH3 is 1. The van der Waals surface area contributed by atoms with Gasteiger partial charge in [0.1, 0.15) is 24.3 Å². The van der Waals surface area contributed by atoms with Crippen molar-refractivity contribution in [1.29, 1.82) is 0 Å². The lowest BCUT2D eigenvalue weighted by atomic mass is 9.98. The van der Waals surface area contributed by atoms with Crippen molar-refractivity contribution in [3.63, 3.8) is 0 Å². The van der Waals surface area contributed by atoms with Gasteiger partial charge in [-0.2, -0.15) is 0 Å². The quantitative estimate of drug-likeness (QED) is 0.0392. The van der Waals surface area contributed by atoms with E-state index in [4.69, 9.17) is 19.9 Å². The van der Waals surface area contributed by atoms with Crippen molar-refractivity contribution >= 4 is 30.0 Å². The molecule has 1 aliphatic heterocycles. The van der Waals surface area contributed by atoms with Crippen LogP contribution in [0.4, 0.5) is 9.59 Å². The molecule has 49 heavy (non-hydrogen) atoms. The SMILES string of the molecule is COC(=O)[C@@H]1C[C@@H](N(O)C(=O)[C@H](CCCN=C(N)N[N+](=O)[O-])NC(=O)OC(C)(C)C)CN1C(=O)OCC1c2ccccc2-c2ccccc21. The molecule has 0 radical (unpaired) electrons. The Labute approximate surface area is 282 Å². The molecule has 0 unspecified atom stereocenters. The number of nitro groups is 1. The third kappa shape index (κ3) is 9.13. The number of benzene rings is 2. The van der Waals surface area contributed by atoms with Gasteiger partial charge in [0.25, 0.3) is 11.9 Å². The number of hydrazine groups is 1. The third-order valence-corrected chi connectivity index (χ3v) is 8.02. The molecule has 17 nitrogen and oxygen atoms in total. The standard InChI is InChI=1S/C32H41N7O10/c1-32(2,3)49-30(42)35-25(14-9-15-34-29(33)36-39(45)46)27(40)38(44)19-16-26(28(41)47-4)37(17-19)31(43)48-18-24-22-12-7-5-10-20(22)21-11-6-8-13-23(21)24/h5-8,10-13,19,24-26,44H,9,14-18H2,1-4H3,(H,35,42)(H3,33,34,36)/t19-,25+,26+/m1/s1. The van der Waals surface area contributed by atoms with Gasteiger partial charge in [0.15, 0.2) is 5.03 Å². The van der Waals surface area contributed by atoms with Crippen LogP contribution >= 0.6 is 0 Å². The minimum atomic E-state index is -1.33. The van der Waals surface area contributed by atoms with Crippen molar-refractivity contribution in [2.75, 3.05) is 26.8 Å². The molecule has 0 spiro atoms. The average molecular weight is 684 g/mol. The molecule has 0 bridgehead atoms. The number of nitrogens with two attached hydrogens (primary N) is 1. The fourth-order valence-electron chi connectivity index (χ4n) is 5.90. The molecule has 0 saturated carbocycles. The lowest BCUT2D eigenvalue weighted by Crippen LogP contribution is -2.52. The normalized spacial score (nSPS) is 17.7. The number of hydrogen-bond acceptors (Lipinski definition) is 11. The van der Waals surface area contributed by atoms with Gasteiger partial charge < -0.3 is 25.3 Å². The molecule has 2 aliphatic rings. The first-order valence-electron chi connectivity index (χ1n) is 15.6. The number of aliphatic imine (C=N–C) groups is 1. The number of carbonyl (C=O) groups is 4. The van der Waals surface area contributed by atoms with E-state index in [9.17, 15) is 34.5 Å². The van der Waals surface area contributed by atoms with E-state index in [1.165, 1.54) is 0 Å². The predicted octanol–water partition coefficient (Wildman–Crippen LogP) is 2.54. The molecule has 2 aromatic carbocycles. The highest BCUT2D eigenvalue weighted by Crippen LogP contribution is 2.44. The Morgan fingerprint density at radius 3 is 2.31 bits per heavy atom. The number of alkyl carbamates (subject to hydrolysis) is 1. The zero-order valence-electron chi connectivity index (χ0n) is 27.7. The molecule has 264 valence electrons. The summed E-state index contributed by atoms with van der Waals surface area (Å²) in [5, 5.41) is 23.6. The van der Waals surface area contributed by atoms with Crippen LogP contribution in [0.3, 0.4) is 0 Å². The van der Waals surface area contributed by atoms with Gasteiger partial charge in [-0.3, -0.25) is 14.9 Å². The number of amides is 3. The van der Waals surface area contributed by atoms with Crippen molar-refractivity contribution in [3.8, 4) is 11.1 Å². The Kier molecular flexibility index (Phi) is 11.6. The average Bonchev–Trinajstić information content (AvgIpc) is 3.63. The molecule has 3 atom stereocenters. The molecular formula is C32H41N7O10. The van der Waals surface area contributed by atoms with E-state index in [0.29, 0.717) is 5.06 Å². The van der Waals surface area contributed by atoms with Gasteiger partial charge in [0.05, 0.1) is 13.2 Å². The van der Waals surface area contributed by atoms with Crippen LogP contribution in [0.25, 0.3) is 11.1 Å². The second-order valence-corrected chi connectivity index (χ2v) is 12.5. The van der Waals surface area contributed by atoms with Crippen molar-refractivity contribution in [1.82, 2.24) is 20.7 Å². The summed E-state index contributed by atoms with van der Waals surface area (Å²) in [6, 6.07) is 12.1. The van der Waals surface area contributed by atoms with Crippen LogP contribution in [-0.4, -0.2) is 101 Å². The Morgan fingerprint density at radius 2 is 1.73 bits per heavy atom. The number of nitrogens with one attached hydrogen (secondary N) is 2. The van der Waals surface area contributed by atoms with Crippen LogP contribution < -0.4 is 16.5 Å². The second-order valence-electron chi connectivity index (χ2n) is 12.5. The van der Waals surface area contributed by atoms with Gasteiger partial charge in [-0.1, -0.05) is 54.0 Å². The minimum Gasteiger partial charge on any atom is -0.467 e. The van der Waals surface area contributed by atoms with Gasteiger partial charge in [-0.25, -0.2) is 34.6 Å². The summed E-state index contributed by atoms with van der Waals surface area (Å²) in [5.41, 5.74) is 10.3. The number of hydrogen-bond donors (Lipinski definition) is 4. The van der Waals surface area contributed by atoms with Crippen LogP contribution in [-0.2, 0) is 23.8 Å². The predicted molar refractivity (Wildman–Crippen MR) is 174 cm³/mol. The number of fused-ring (bicyclic) bond motifs is 3. The Balaban J connectivity index is 1.46. The summed E-state index contributed by atoms with van der Waals surface area (Å²) in [7, 11) is 1.16. The van der Waals surface area contributed by atoms with Crippen molar-refractivity contribution < 1.29 is 43.6 Å². The van der Waals surface area contributed by atoms with E-state index in [1.54, 1.807) is 26.2 Å². The number of likely N-dealkylation sites (tertiary alicyclic amines) is 1. The molecule has 1 saturated heterocycles. The number of esters is 1. The highest BCUT2D eigenvalue weighted by atomic mass is 16.7. The number of rotatable bonds is 11. The van der Waals surface area contributed by atoms with Crippen LogP contribution in [0.2, 0.25) is 0 Å². The highest BCUT2D eigenvalue weighted by molar-refractivity contribution is 5.86. The zero-order chi connectivity index (χ0) is 35.9. The molecule has 4 rings (SSSR count). The number of ether oxygens (including phenoxy) is 3. The fraction of sp³-hybridized carbons (Fsp3) is 0.469. The van der Waals surface area contributed by atoms with E-state index >= 15 is 0 Å². The monoisotopic (exact) mass is 683 g/mol. The topological polar surface area (TPSA) is 228 Å². The molecule has 1 fully saturated rings. The third-order valence-electron chi connectivity index (χ3n) is 8.02. The Morgan fingerprint density at radius 1 is 1.12 bits per heavy atom. The maximum Gasteiger partial charge on any atom is 0.410 e. The maximum absolute atomic E-state index is 13.6. The summed E-state index contributed by atoms with van der Waals surface area (Å²) in [6.45, 7) is 4.54. The fourth-order valence-corrected chi connectivity index (χ4v) is 5.90. The van der Waals surface area contributed by atoms with Gasteiger partial charge in [-0.15, -0.1) is 0 Å². The highest BCUT2D eigenvalue weighted by Gasteiger charge is 2.46. The van der Waals surface area contributed by atoms with Crippen molar-refractivity contribution in [2.24, 2.45) is 10.7 Å². The van der Waals surface area contributed by atoms with Gasteiger partial charge in [-0.05, 0) is 55.9 Å². The lowest BCUT2D eigenvalue weighted by Gasteiger charge is -2.28. The zero-order valence-corrected chi connectivity index (χ0v) is 27.7. The summed E-state index contributed by atoms with van der Waals surface area (Å²) in [4.78, 5) is 67.8. The smallest absolute Gasteiger partial charge is 0.410 e. The van der Waals surface area contributed by atoms with Crippen LogP contribution in [0.15, 0.2) is 53.5 Å². The Hall–Kier alpha value is -5.45. The molecular weight excluding hydrogens is 642 g/mol. The lowest BCUT2D eigenvalue weighted by molar-refractivity contribution is -0.525. The van der Waals surface area contributed by atoms with Crippen LogP contribution in [0.1, 0.15) is 57.1 Å². The molecule has 2 aromatic rings. The maximum atomic E-state index is 13.6. The first-order chi connectivity index (χ1) is 23.2. The first kappa shape index (κ1) is 36.4. The number of carbonyl (C=O) groups excluding carboxylic acids is 4.